The standard InChI is InChI=1S/C7H14N2O3S/c1-6(7(8)10)4-2-3-5-13(9,11)12/h4H,2-3,5H2,1H3,(H2,8,10)(H2,9,11,12). The van der Waals surface area contributed by atoms with Crippen molar-refractivity contribution in [2.45, 2.75) is 19.8 Å². The van der Waals surface area contributed by atoms with Crippen molar-refractivity contribution in [1.82, 2.24) is 0 Å². The number of sulfonamides is 1. The van der Waals surface area contributed by atoms with E-state index in [-0.39, 0.29) is 5.75 Å². The molecular formula is C7H14N2O3S. The highest BCUT2D eigenvalue weighted by Gasteiger charge is 2.01. The van der Waals surface area contributed by atoms with Crippen LogP contribution in [-0.2, 0) is 14.8 Å². The van der Waals surface area contributed by atoms with Crippen LogP contribution in [0.4, 0.5) is 0 Å². The first kappa shape index (κ1) is 12.1. The SMILES string of the molecule is CC(=CCCCS(N)(=O)=O)C(N)=O. The van der Waals surface area contributed by atoms with Crippen molar-refractivity contribution >= 4 is 15.9 Å². The summed E-state index contributed by atoms with van der Waals surface area (Å²) >= 11 is 0. The molecule has 0 spiro atoms. The highest BCUT2D eigenvalue weighted by molar-refractivity contribution is 7.89. The van der Waals surface area contributed by atoms with Crippen LogP contribution in [0.15, 0.2) is 11.6 Å². The molecule has 1 amide bonds. The molecule has 0 bridgehead atoms. The molecule has 0 saturated heterocycles. The van der Waals surface area contributed by atoms with Gasteiger partial charge in [0.05, 0.1) is 5.75 Å². The smallest absolute Gasteiger partial charge is 0.244 e. The van der Waals surface area contributed by atoms with Crippen LogP contribution in [0.2, 0.25) is 0 Å². The van der Waals surface area contributed by atoms with Crippen LogP contribution in [0.25, 0.3) is 0 Å². The molecule has 4 N–H and O–H groups in total. The van der Waals surface area contributed by atoms with Gasteiger partial charge in [0.25, 0.3) is 0 Å². The van der Waals surface area contributed by atoms with Crippen molar-refractivity contribution in [2.24, 2.45) is 10.9 Å². The third-order valence-corrected chi connectivity index (χ3v) is 2.33. The maximum absolute atomic E-state index is 10.5. The Morgan fingerprint density at radius 2 is 2.00 bits per heavy atom. The van der Waals surface area contributed by atoms with Crippen molar-refractivity contribution < 1.29 is 13.2 Å². The summed E-state index contributed by atoms with van der Waals surface area (Å²) in [6.45, 7) is 1.58. The number of unbranched alkanes of at least 4 members (excludes halogenated alkanes) is 1. The van der Waals surface area contributed by atoms with Gasteiger partial charge < -0.3 is 5.73 Å². The van der Waals surface area contributed by atoms with Crippen molar-refractivity contribution in [3.05, 3.63) is 11.6 Å². The van der Waals surface area contributed by atoms with Crippen LogP contribution in [0, 0.1) is 0 Å². The third kappa shape index (κ3) is 7.48. The van der Waals surface area contributed by atoms with Gasteiger partial charge in [0, 0.05) is 5.57 Å². The Morgan fingerprint density at radius 3 is 2.38 bits per heavy atom. The molecular weight excluding hydrogens is 192 g/mol. The van der Waals surface area contributed by atoms with E-state index in [9.17, 15) is 13.2 Å². The van der Waals surface area contributed by atoms with E-state index >= 15 is 0 Å². The van der Waals surface area contributed by atoms with Gasteiger partial charge >= 0.3 is 0 Å². The normalized spacial score (nSPS) is 12.9. The maximum Gasteiger partial charge on any atom is 0.244 e. The molecule has 0 aromatic heterocycles. The van der Waals surface area contributed by atoms with Crippen LogP contribution >= 0.6 is 0 Å². The van der Waals surface area contributed by atoms with Gasteiger partial charge in [-0.3, -0.25) is 4.79 Å². The van der Waals surface area contributed by atoms with Crippen LogP contribution < -0.4 is 10.9 Å². The molecule has 0 aromatic rings. The van der Waals surface area contributed by atoms with Crippen LogP contribution in [0.3, 0.4) is 0 Å². The number of primary amides is 1. The summed E-state index contributed by atoms with van der Waals surface area (Å²) in [6.07, 6.45) is 2.50. The van der Waals surface area contributed by atoms with Crippen LogP contribution in [0.5, 0.6) is 0 Å². The van der Waals surface area contributed by atoms with E-state index in [0.717, 1.165) is 0 Å². The van der Waals surface area contributed by atoms with Gasteiger partial charge in [0.15, 0.2) is 0 Å². The summed E-state index contributed by atoms with van der Waals surface area (Å²) in [4.78, 5) is 10.5. The second-order valence-corrected chi connectivity index (χ2v) is 4.49. The van der Waals surface area contributed by atoms with E-state index in [2.05, 4.69) is 0 Å². The van der Waals surface area contributed by atoms with Gasteiger partial charge in [-0.05, 0) is 19.8 Å². The summed E-state index contributed by atoms with van der Waals surface area (Å²) in [5.74, 6) is -0.564. The van der Waals surface area contributed by atoms with Gasteiger partial charge in [-0.25, -0.2) is 13.6 Å². The summed E-state index contributed by atoms with van der Waals surface area (Å²) in [5.41, 5.74) is 5.39. The Morgan fingerprint density at radius 1 is 1.46 bits per heavy atom. The average molecular weight is 206 g/mol. The molecule has 0 unspecified atom stereocenters. The molecule has 6 heteroatoms. The summed E-state index contributed by atoms with van der Waals surface area (Å²) in [5, 5.41) is 4.77. The summed E-state index contributed by atoms with van der Waals surface area (Å²) < 4.78 is 21.0. The minimum Gasteiger partial charge on any atom is -0.366 e. The quantitative estimate of drug-likeness (QED) is 0.467. The van der Waals surface area contributed by atoms with Crippen molar-refractivity contribution in [2.75, 3.05) is 5.75 Å². The highest BCUT2D eigenvalue weighted by atomic mass is 32.2. The van der Waals surface area contributed by atoms with Crippen molar-refractivity contribution in [3.8, 4) is 0 Å². The van der Waals surface area contributed by atoms with Crippen LogP contribution in [-0.4, -0.2) is 20.1 Å². The van der Waals surface area contributed by atoms with Crippen molar-refractivity contribution in [1.29, 1.82) is 0 Å². The molecule has 0 aliphatic carbocycles. The lowest BCUT2D eigenvalue weighted by molar-refractivity contribution is -0.114. The number of allylic oxidation sites excluding steroid dienone is 1. The molecule has 76 valence electrons. The minimum absolute atomic E-state index is 0.0739. The Bertz CT molecular complexity index is 306. The fourth-order valence-electron chi connectivity index (χ4n) is 0.704. The topological polar surface area (TPSA) is 103 Å². The first-order valence-corrected chi connectivity index (χ1v) is 5.51. The summed E-state index contributed by atoms with van der Waals surface area (Å²) in [7, 11) is -3.39. The molecule has 0 atom stereocenters. The zero-order chi connectivity index (χ0) is 10.5. The molecule has 0 aromatic carbocycles. The van der Waals surface area contributed by atoms with Crippen LogP contribution in [0.1, 0.15) is 19.8 Å². The molecule has 0 saturated carbocycles. The molecule has 0 heterocycles. The van der Waals surface area contributed by atoms with Gasteiger partial charge in [-0.1, -0.05) is 6.08 Å². The molecule has 13 heavy (non-hydrogen) atoms. The number of carbonyl (C=O) groups excluding carboxylic acids is 1. The van der Waals surface area contributed by atoms with Gasteiger partial charge in [0.2, 0.25) is 15.9 Å². The Balaban J connectivity index is 3.81. The van der Waals surface area contributed by atoms with Gasteiger partial charge in [-0.2, -0.15) is 0 Å². The molecule has 0 aliphatic rings. The first-order chi connectivity index (χ1) is 5.83. The number of primary sulfonamides is 1. The molecule has 0 radical (unpaired) electrons. The zero-order valence-electron chi connectivity index (χ0n) is 7.49. The fraction of sp³-hybridized carbons (Fsp3) is 0.571. The van der Waals surface area contributed by atoms with E-state index in [4.69, 9.17) is 10.9 Å². The minimum atomic E-state index is -3.39. The van der Waals surface area contributed by atoms with E-state index < -0.39 is 15.9 Å². The molecule has 0 fully saturated rings. The van der Waals surface area contributed by atoms with E-state index in [0.29, 0.717) is 18.4 Å². The highest BCUT2D eigenvalue weighted by Crippen LogP contribution is 1.98. The number of hydrogen-bond donors (Lipinski definition) is 2. The number of hydrogen-bond acceptors (Lipinski definition) is 3. The molecule has 0 rings (SSSR count). The second kappa shape index (κ2) is 4.98. The first-order valence-electron chi connectivity index (χ1n) is 3.80. The number of carbonyl (C=O) groups is 1. The Kier molecular flexibility index (Phi) is 4.64. The number of rotatable bonds is 5. The lowest BCUT2D eigenvalue weighted by Crippen LogP contribution is -2.16. The van der Waals surface area contributed by atoms with E-state index in [1.165, 1.54) is 0 Å². The van der Waals surface area contributed by atoms with Gasteiger partial charge in [-0.15, -0.1) is 0 Å². The Hall–Kier alpha value is -0.880. The Labute approximate surface area is 77.8 Å². The summed E-state index contributed by atoms with van der Waals surface area (Å²) in [6, 6.07) is 0. The predicted octanol–water partition coefficient (Wildman–Crippen LogP) is -0.513. The molecule has 0 aliphatic heterocycles. The third-order valence-electron chi connectivity index (χ3n) is 1.47. The second-order valence-electron chi connectivity index (χ2n) is 2.76. The lowest BCUT2D eigenvalue weighted by atomic mass is 10.2. The zero-order valence-corrected chi connectivity index (χ0v) is 8.30. The predicted molar refractivity (Wildman–Crippen MR) is 50.2 cm³/mol. The fourth-order valence-corrected chi connectivity index (χ4v) is 1.27. The monoisotopic (exact) mass is 206 g/mol. The van der Waals surface area contributed by atoms with E-state index in [1.807, 2.05) is 0 Å². The maximum atomic E-state index is 10.5. The largest absolute Gasteiger partial charge is 0.366 e. The van der Waals surface area contributed by atoms with Gasteiger partial charge in [0.1, 0.15) is 0 Å². The molecule has 5 nitrogen and oxygen atoms in total. The number of nitrogens with two attached hydrogens (primary N) is 2. The van der Waals surface area contributed by atoms with Crippen molar-refractivity contribution in [3.63, 3.8) is 0 Å². The average Bonchev–Trinajstić information content (AvgIpc) is 1.95. The lowest BCUT2D eigenvalue weighted by Gasteiger charge is -1.96. The number of amides is 1. The van der Waals surface area contributed by atoms with E-state index in [1.54, 1.807) is 13.0 Å².